The Balaban J connectivity index is 1.77. The molecule has 0 radical (unpaired) electrons. The molecular weight excluding hydrogens is 202 g/mol. The van der Waals surface area contributed by atoms with Crippen molar-refractivity contribution in [2.45, 2.75) is 38.3 Å². The lowest BCUT2D eigenvalue weighted by Crippen LogP contribution is -2.14. The first-order chi connectivity index (χ1) is 7.90. The van der Waals surface area contributed by atoms with Gasteiger partial charge in [0, 0.05) is 12.7 Å². The van der Waals surface area contributed by atoms with Gasteiger partial charge in [0.2, 0.25) is 0 Å². The van der Waals surface area contributed by atoms with Crippen molar-refractivity contribution in [2.24, 2.45) is 0 Å². The number of hydrogen-bond donors (Lipinski definition) is 1. The standard InChI is InChI=1S/C12H21N3O/c1-13-7-9-16-10-11-6-8-15(14-11)12-4-2-3-5-12/h6,8,12-13H,2-5,7,9-10H2,1H3. The topological polar surface area (TPSA) is 39.1 Å². The van der Waals surface area contributed by atoms with E-state index in [9.17, 15) is 0 Å². The van der Waals surface area contributed by atoms with E-state index < -0.39 is 0 Å². The Morgan fingerprint density at radius 1 is 1.50 bits per heavy atom. The second-order valence-corrected chi connectivity index (χ2v) is 4.38. The van der Waals surface area contributed by atoms with E-state index in [-0.39, 0.29) is 0 Å². The summed E-state index contributed by atoms with van der Waals surface area (Å²) in [6.07, 6.45) is 7.34. The van der Waals surface area contributed by atoms with E-state index in [1.807, 2.05) is 7.05 Å². The van der Waals surface area contributed by atoms with Gasteiger partial charge in [-0.15, -0.1) is 0 Å². The van der Waals surface area contributed by atoms with E-state index in [0.29, 0.717) is 12.6 Å². The van der Waals surface area contributed by atoms with Crippen molar-refractivity contribution in [3.8, 4) is 0 Å². The third-order valence-electron chi connectivity index (χ3n) is 3.11. The summed E-state index contributed by atoms with van der Waals surface area (Å²) in [4.78, 5) is 0. The maximum atomic E-state index is 5.50. The summed E-state index contributed by atoms with van der Waals surface area (Å²) in [5.74, 6) is 0. The molecule has 4 nitrogen and oxygen atoms in total. The molecule has 1 saturated carbocycles. The summed E-state index contributed by atoms with van der Waals surface area (Å²) < 4.78 is 7.61. The zero-order valence-corrected chi connectivity index (χ0v) is 9.98. The number of ether oxygens (including phenoxy) is 1. The number of hydrogen-bond acceptors (Lipinski definition) is 3. The highest BCUT2D eigenvalue weighted by atomic mass is 16.5. The Morgan fingerprint density at radius 3 is 3.06 bits per heavy atom. The largest absolute Gasteiger partial charge is 0.374 e. The van der Waals surface area contributed by atoms with Crippen LogP contribution in [0.15, 0.2) is 12.3 Å². The first kappa shape index (κ1) is 11.6. The molecule has 1 fully saturated rings. The number of rotatable bonds is 6. The van der Waals surface area contributed by atoms with Gasteiger partial charge in [0.15, 0.2) is 0 Å². The minimum absolute atomic E-state index is 0.626. The summed E-state index contributed by atoms with van der Waals surface area (Å²) in [6.45, 7) is 2.26. The summed E-state index contributed by atoms with van der Waals surface area (Å²) in [5, 5.41) is 7.61. The van der Waals surface area contributed by atoms with Crippen LogP contribution in [0.4, 0.5) is 0 Å². The maximum Gasteiger partial charge on any atom is 0.0907 e. The molecule has 1 aliphatic carbocycles. The van der Waals surface area contributed by atoms with Crippen molar-refractivity contribution in [3.63, 3.8) is 0 Å². The Morgan fingerprint density at radius 2 is 2.31 bits per heavy atom. The van der Waals surface area contributed by atoms with Gasteiger partial charge >= 0.3 is 0 Å². The zero-order valence-electron chi connectivity index (χ0n) is 9.98. The van der Waals surface area contributed by atoms with Gasteiger partial charge in [-0.05, 0) is 26.0 Å². The smallest absolute Gasteiger partial charge is 0.0907 e. The van der Waals surface area contributed by atoms with Gasteiger partial charge in [0.1, 0.15) is 0 Å². The van der Waals surface area contributed by atoms with Crippen LogP contribution in [0.5, 0.6) is 0 Å². The minimum atomic E-state index is 0.626. The van der Waals surface area contributed by atoms with Crippen molar-refractivity contribution < 1.29 is 4.74 Å². The normalized spacial score (nSPS) is 17.1. The molecule has 1 aromatic rings. The van der Waals surface area contributed by atoms with E-state index >= 15 is 0 Å². The minimum Gasteiger partial charge on any atom is -0.374 e. The highest BCUT2D eigenvalue weighted by Gasteiger charge is 2.17. The first-order valence-electron chi connectivity index (χ1n) is 6.16. The highest BCUT2D eigenvalue weighted by Crippen LogP contribution is 2.28. The first-order valence-corrected chi connectivity index (χ1v) is 6.16. The molecule has 1 aliphatic rings. The van der Waals surface area contributed by atoms with Crippen LogP contribution in [0.3, 0.4) is 0 Å². The molecule has 90 valence electrons. The highest BCUT2D eigenvalue weighted by molar-refractivity contribution is 4.98. The molecule has 0 aliphatic heterocycles. The Hall–Kier alpha value is -0.870. The summed E-state index contributed by atoms with van der Waals surface area (Å²) in [5.41, 5.74) is 1.04. The Bertz CT molecular complexity index is 305. The number of nitrogens with one attached hydrogen (secondary N) is 1. The molecule has 0 aromatic carbocycles. The second kappa shape index (κ2) is 6.01. The lowest BCUT2D eigenvalue weighted by Gasteiger charge is -2.08. The molecule has 1 heterocycles. The fourth-order valence-corrected chi connectivity index (χ4v) is 2.18. The van der Waals surface area contributed by atoms with E-state index in [0.717, 1.165) is 18.8 Å². The summed E-state index contributed by atoms with van der Waals surface area (Å²) in [6, 6.07) is 2.70. The molecule has 0 unspecified atom stereocenters. The van der Waals surface area contributed by atoms with Crippen LogP contribution in [-0.2, 0) is 11.3 Å². The van der Waals surface area contributed by atoms with Crippen LogP contribution in [0.1, 0.15) is 37.4 Å². The predicted octanol–water partition coefficient (Wildman–Crippen LogP) is 1.73. The van der Waals surface area contributed by atoms with Crippen LogP contribution >= 0.6 is 0 Å². The van der Waals surface area contributed by atoms with Crippen LogP contribution in [0, 0.1) is 0 Å². The SMILES string of the molecule is CNCCOCc1ccn(C2CCCC2)n1. The molecule has 1 aromatic heterocycles. The zero-order chi connectivity index (χ0) is 11.2. The van der Waals surface area contributed by atoms with Gasteiger partial charge in [0.05, 0.1) is 24.9 Å². The quantitative estimate of drug-likeness (QED) is 0.747. The van der Waals surface area contributed by atoms with Crippen molar-refractivity contribution in [3.05, 3.63) is 18.0 Å². The van der Waals surface area contributed by atoms with Gasteiger partial charge in [-0.25, -0.2) is 0 Å². The molecule has 0 spiro atoms. The van der Waals surface area contributed by atoms with E-state index in [2.05, 4.69) is 27.4 Å². The van der Waals surface area contributed by atoms with Gasteiger partial charge in [0.25, 0.3) is 0 Å². The molecule has 2 rings (SSSR count). The van der Waals surface area contributed by atoms with Crippen LogP contribution in [0.25, 0.3) is 0 Å². The van der Waals surface area contributed by atoms with Gasteiger partial charge in [-0.2, -0.15) is 5.10 Å². The van der Waals surface area contributed by atoms with E-state index in [1.165, 1.54) is 25.7 Å². The van der Waals surface area contributed by atoms with Crippen molar-refractivity contribution in [1.82, 2.24) is 15.1 Å². The van der Waals surface area contributed by atoms with E-state index in [4.69, 9.17) is 4.74 Å². The fourth-order valence-electron chi connectivity index (χ4n) is 2.18. The van der Waals surface area contributed by atoms with Crippen molar-refractivity contribution in [1.29, 1.82) is 0 Å². The number of nitrogens with zero attached hydrogens (tertiary/aromatic N) is 2. The number of aromatic nitrogens is 2. The molecule has 0 saturated heterocycles. The molecule has 4 heteroatoms. The lowest BCUT2D eigenvalue weighted by atomic mass is 10.3. The van der Waals surface area contributed by atoms with Crippen LogP contribution in [-0.4, -0.2) is 30.0 Å². The summed E-state index contributed by atoms with van der Waals surface area (Å²) >= 11 is 0. The molecule has 0 amide bonds. The fraction of sp³-hybridized carbons (Fsp3) is 0.750. The average molecular weight is 223 g/mol. The number of likely N-dealkylation sites (N-methyl/N-ethyl adjacent to an activating group) is 1. The molecular formula is C12H21N3O. The summed E-state index contributed by atoms with van der Waals surface area (Å²) in [7, 11) is 1.93. The molecule has 0 bridgehead atoms. The monoisotopic (exact) mass is 223 g/mol. The van der Waals surface area contributed by atoms with Gasteiger partial charge < -0.3 is 10.1 Å². The van der Waals surface area contributed by atoms with E-state index in [1.54, 1.807) is 0 Å². The maximum absolute atomic E-state index is 5.50. The Kier molecular flexibility index (Phi) is 4.36. The second-order valence-electron chi connectivity index (χ2n) is 4.38. The Labute approximate surface area is 97.0 Å². The molecule has 0 atom stereocenters. The predicted molar refractivity (Wildman–Crippen MR) is 63.3 cm³/mol. The van der Waals surface area contributed by atoms with Crippen molar-refractivity contribution >= 4 is 0 Å². The van der Waals surface area contributed by atoms with Crippen molar-refractivity contribution in [2.75, 3.05) is 20.2 Å². The average Bonchev–Trinajstić information content (AvgIpc) is 2.94. The van der Waals surface area contributed by atoms with Gasteiger partial charge in [-0.3, -0.25) is 4.68 Å². The van der Waals surface area contributed by atoms with Crippen LogP contribution in [0.2, 0.25) is 0 Å². The molecule has 16 heavy (non-hydrogen) atoms. The van der Waals surface area contributed by atoms with Gasteiger partial charge in [-0.1, -0.05) is 12.8 Å². The third kappa shape index (κ3) is 3.06. The molecule has 1 N–H and O–H groups in total. The van der Waals surface area contributed by atoms with Crippen LogP contribution < -0.4 is 5.32 Å². The third-order valence-corrected chi connectivity index (χ3v) is 3.11. The lowest BCUT2D eigenvalue weighted by molar-refractivity contribution is 0.120.